The third kappa shape index (κ3) is 5.21. The lowest BCUT2D eigenvalue weighted by atomic mass is 10.6. The highest BCUT2D eigenvalue weighted by atomic mass is 16.1. The minimum Gasteiger partial charge on any atom is -0.352 e. The summed E-state index contributed by atoms with van der Waals surface area (Å²) in [4.78, 5) is 9.82. The van der Waals surface area contributed by atoms with E-state index in [0.717, 1.165) is 0 Å². The molecule has 0 rings (SSSR count). The monoisotopic (exact) mass is 97.1 g/mol. The van der Waals surface area contributed by atoms with Crippen LogP contribution in [0.3, 0.4) is 0 Å². The van der Waals surface area contributed by atoms with Gasteiger partial charge in [0.25, 0.3) is 0 Å². The fourth-order valence-electron chi connectivity index (χ4n) is 0.173. The number of hydrogen-bond acceptors (Lipinski definition) is 1. The molecule has 0 spiro atoms. The first-order valence-electron chi connectivity index (χ1n) is 1.91. The van der Waals surface area contributed by atoms with Crippen LogP contribution in [-0.2, 0) is 4.79 Å². The van der Waals surface area contributed by atoms with E-state index in [9.17, 15) is 4.79 Å². The van der Waals surface area contributed by atoms with Crippen LogP contribution in [0, 0.1) is 6.92 Å². The standard InChI is InChI=1S/C5H7NO/c1-3-4-6-5(2)7/h2-3H,1,4H2,(H,6,7). The van der Waals surface area contributed by atoms with Crippen LogP contribution < -0.4 is 5.32 Å². The molecule has 0 aliphatic rings. The van der Waals surface area contributed by atoms with E-state index in [4.69, 9.17) is 0 Å². The van der Waals surface area contributed by atoms with Crippen LogP contribution in [0.25, 0.3) is 0 Å². The number of carbonyl (C=O) groups excluding carboxylic acids is 1. The third-order valence-corrected chi connectivity index (χ3v) is 0.421. The summed E-state index contributed by atoms with van der Waals surface area (Å²) < 4.78 is 0. The lowest BCUT2D eigenvalue weighted by Gasteiger charge is -1.90. The van der Waals surface area contributed by atoms with E-state index in [1.807, 2.05) is 0 Å². The number of hydrogen-bond donors (Lipinski definition) is 1. The quantitative estimate of drug-likeness (QED) is 0.483. The molecule has 0 atom stereocenters. The van der Waals surface area contributed by atoms with Crippen molar-refractivity contribution in [2.45, 2.75) is 0 Å². The normalized spacial score (nSPS) is 7.57. The van der Waals surface area contributed by atoms with E-state index in [-0.39, 0.29) is 0 Å². The van der Waals surface area contributed by atoms with E-state index >= 15 is 0 Å². The Hall–Kier alpha value is -0.790. The summed E-state index contributed by atoms with van der Waals surface area (Å²) in [7, 11) is 0. The molecule has 0 aromatic rings. The predicted molar refractivity (Wildman–Crippen MR) is 27.5 cm³/mol. The molecule has 0 fully saturated rings. The van der Waals surface area contributed by atoms with E-state index in [0.29, 0.717) is 6.54 Å². The summed E-state index contributed by atoms with van der Waals surface area (Å²) in [6.45, 7) is 8.48. The van der Waals surface area contributed by atoms with Gasteiger partial charge < -0.3 is 5.32 Å². The van der Waals surface area contributed by atoms with E-state index in [1.54, 1.807) is 6.08 Å². The maximum absolute atomic E-state index is 9.82. The number of rotatable bonds is 2. The maximum atomic E-state index is 9.82. The van der Waals surface area contributed by atoms with Gasteiger partial charge in [-0.2, -0.15) is 0 Å². The SMILES string of the molecule is [CH]C(=O)NCC=C. The van der Waals surface area contributed by atoms with Crippen LogP contribution in [0.15, 0.2) is 12.7 Å². The second-order valence-electron chi connectivity index (χ2n) is 1.03. The van der Waals surface area contributed by atoms with Gasteiger partial charge in [0.2, 0.25) is 5.91 Å². The van der Waals surface area contributed by atoms with Gasteiger partial charge in [-0.3, -0.25) is 4.79 Å². The van der Waals surface area contributed by atoms with E-state index in [2.05, 4.69) is 18.8 Å². The minimum atomic E-state index is -0.514. The van der Waals surface area contributed by atoms with Crippen molar-refractivity contribution in [2.75, 3.05) is 6.54 Å². The fourth-order valence-corrected chi connectivity index (χ4v) is 0.173. The molecule has 0 bridgehead atoms. The van der Waals surface area contributed by atoms with Crippen LogP contribution in [-0.4, -0.2) is 12.5 Å². The second-order valence-corrected chi connectivity index (χ2v) is 1.03. The van der Waals surface area contributed by atoms with Gasteiger partial charge in [-0.25, -0.2) is 0 Å². The number of carbonyl (C=O) groups is 1. The molecule has 7 heavy (non-hydrogen) atoms. The first-order chi connectivity index (χ1) is 3.27. The fraction of sp³-hybridized carbons (Fsp3) is 0.200. The zero-order valence-electron chi connectivity index (χ0n) is 3.98. The average molecular weight is 97.1 g/mol. The van der Waals surface area contributed by atoms with E-state index < -0.39 is 5.91 Å². The van der Waals surface area contributed by atoms with Crippen molar-refractivity contribution >= 4 is 5.91 Å². The number of amides is 1. The van der Waals surface area contributed by atoms with Crippen LogP contribution in [0.2, 0.25) is 0 Å². The zero-order valence-corrected chi connectivity index (χ0v) is 3.98. The van der Waals surface area contributed by atoms with Gasteiger partial charge in [-0.15, -0.1) is 6.58 Å². The van der Waals surface area contributed by atoms with Crippen molar-refractivity contribution in [1.29, 1.82) is 0 Å². The smallest absolute Gasteiger partial charge is 0.225 e. The Bertz CT molecular complexity index is 78.1. The van der Waals surface area contributed by atoms with Crippen LogP contribution in [0.4, 0.5) is 0 Å². The summed E-state index contributed by atoms with van der Waals surface area (Å²) in [5, 5.41) is 2.32. The summed E-state index contributed by atoms with van der Waals surface area (Å²) in [5.41, 5.74) is 0. The molecule has 38 valence electrons. The van der Waals surface area contributed by atoms with Crippen LogP contribution in [0.5, 0.6) is 0 Å². The largest absolute Gasteiger partial charge is 0.352 e. The molecule has 1 N–H and O–H groups in total. The highest BCUT2D eigenvalue weighted by Gasteiger charge is 1.81. The molecular formula is C5H7NO. The van der Waals surface area contributed by atoms with Crippen LogP contribution >= 0.6 is 0 Å². The molecule has 2 radical (unpaired) electrons. The molecular weight excluding hydrogens is 90.1 g/mol. The Balaban J connectivity index is 2.97. The zero-order chi connectivity index (χ0) is 5.70. The molecule has 0 heterocycles. The van der Waals surface area contributed by atoms with Gasteiger partial charge >= 0.3 is 0 Å². The van der Waals surface area contributed by atoms with Crippen molar-refractivity contribution in [1.82, 2.24) is 5.32 Å². The Kier molecular flexibility index (Phi) is 3.02. The molecule has 0 unspecified atom stereocenters. The van der Waals surface area contributed by atoms with Crippen molar-refractivity contribution < 1.29 is 4.79 Å². The summed E-state index contributed by atoms with van der Waals surface area (Å²) in [5.74, 6) is -0.514. The van der Waals surface area contributed by atoms with Crippen molar-refractivity contribution in [3.63, 3.8) is 0 Å². The first kappa shape index (κ1) is 6.21. The molecule has 0 aromatic heterocycles. The lowest BCUT2D eigenvalue weighted by molar-refractivity contribution is -0.116. The molecule has 2 nitrogen and oxygen atoms in total. The van der Waals surface area contributed by atoms with Crippen molar-refractivity contribution in [3.05, 3.63) is 19.6 Å². The van der Waals surface area contributed by atoms with Crippen molar-refractivity contribution in [3.8, 4) is 0 Å². The average Bonchev–Trinajstić information content (AvgIpc) is 1.61. The number of nitrogens with one attached hydrogen (secondary N) is 1. The van der Waals surface area contributed by atoms with Gasteiger partial charge in [-0.05, 0) is 0 Å². The maximum Gasteiger partial charge on any atom is 0.225 e. The molecule has 1 amide bonds. The topological polar surface area (TPSA) is 29.1 Å². The first-order valence-corrected chi connectivity index (χ1v) is 1.91. The van der Waals surface area contributed by atoms with Crippen molar-refractivity contribution in [2.24, 2.45) is 0 Å². The van der Waals surface area contributed by atoms with Gasteiger partial charge in [0.1, 0.15) is 0 Å². The Morgan fingerprint density at radius 3 is 2.71 bits per heavy atom. The van der Waals surface area contributed by atoms with Gasteiger partial charge in [-0.1, -0.05) is 6.08 Å². The summed E-state index contributed by atoms with van der Waals surface area (Å²) >= 11 is 0. The molecule has 0 saturated heterocycles. The van der Waals surface area contributed by atoms with Gasteiger partial charge in [0, 0.05) is 6.54 Å². The molecule has 0 saturated carbocycles. The highest BCUT2D eigenvalue weighted by Crippen LogP contribution is 1.58. The van der Waals surface area contributed by atoms with Gasteiger partial charge in [0.15, 0.2) is 0 Å². The Labute approximate surface area is 43.2 Å². The molecule has 0 aromatic carbocycles. The minimum absolute atomic E-state index is 0.440. The molecule has 2 heteroatoms. The van der Waals surface area contributed by atoms with Crippen LogP contribution in [0.1, 0.15) is 0 Å². The summed E-state index contributed by atoms with van der Waals surface area (Å²) in [6, 6.07) is 0. The summed E-state index contributed by atoms with van der Waals surface area (Å²) in [6.07, 6.45) is 1.56. The Morgan fingerprint density at radius 2 is 2.57 bits per heavy atom. The predicted octanol–water partition coefficient (Wildman–Crippen LogP) is -0.000310. The third-order valence-electron chi connectivity index (χ3n) is 0.421. The molecule has 0 aliphatic heterocycles. The Morgan fingerprint density at radius 1 is 2.00 bits per heavy atom. The highest BCUT2D eigenvalue weighted by molar-refractivity contribution is 5.80. The van der Waals surface area contributed by atoms with E-state index in [1.165, 1.54) is 0 Å². The van der Waals surface area contributed by atoms with Gasteiger partial charge in [0.05, 0.1) is 6.92 Å². The second kappa shape index (κ2) is 3.40. The molecule has 0 aliphatic carbocycles. The lowest BCUT2D eigenvalue weighted by Crippen LogP contribution is -2.19.